The van der Waals surface area contributed by atoms with E-state index in [1.807, 2.05) is 44.4 Å². The van der Waals surface area contributed by atoms with Crippen LogP contribution < -0.4 is 5.32 Å². The first-order chi connectivity index (χ1) is 7.70. The summed E-state index contributed by atoms with van der Waals surface area (Å²) in [6.07, 6.45) is 1.83. The van der Waals surface area contributed by atoms with Crippen LogP contribution in [0.15, 0.2) is 34.9 Å². The fourth-order valence-electron chi connectivity index (χ4n) is 1.46. The van der Waals surface area contributed by atoms with Gasteiger partial charge in [-0.1, -0.05) is 28.1 Å². The van der Waals surface area contributed by atoms with Gasteiger partial charge in [-0.25, -0.2) is 9.97 Å². The molecule has 1 aromatic heterocycles. The van der Waals surface area contributed by atoms with E-state index in [1.54, 1.807) is 0 Å². The average molecular weight is 278 g/mol. The first kappa shape index (κ1) is 11.1. The molecular weight excluding hydrogens is 266 g/mol. The second-order valence-electron chi connectivity index (χ2n) is 3.48. The van der Waals surface area contributed by atoms with Gasteiger partial charge in [0, 0.05) is 23.3 Å². The van der Waals surface area contributed by atoms with Crippen LogP contribution in [-0.4, -0.2) is 17.0 Å². The summed E-state index contributed by atoms with van der Waals surface area (Å²) in [5, 5.41) is 2.94. The summed E-state index contributed by atoms with van der Waals surface area (Å²) in [7, 11) is 1.82. The van der Waals surface area contributed by atoms with E-state index >= 15 is 0 Å². The zero-order chi connectivity index (χ0) is 11.5. The predicted octanol–water partition coefficient (Wildman–Crippen LogP) is 3.26. The van der Waals surface area contributed by atoms with E-state index in [2.05, 4.69) is 31.2 Å². The normalized spacial score (nSPS) is 10.2. The molecule has 0 saturated carbocycles. The van der Waals surface area contributed by atoms with Gasteiger partial charge in [0.2, 0.25) is 5.95 Å². The van der Waals surface area contributed by atoms with Gasteiger partial charge in [0.25, 0.3) is 0 Å². The SMILES string of the molecule is CNc1ncc(C)c(-c2ccc(Br)cc2)n1. The van der Waals surface area contributed by atoms with Gasteiger partial charge >= 0.3 is 0 Å². The van der Waals surface area contributed by atoms with Crippen molar-refractivity contribution in [3.05, 3.63) is 40.5 Å². The van der Waals surface area contributed by atoms with Gasteiger partial charge in [-0.15, -0.1) is 0 Å². The van der Waals surface area contributed by atoms with Gasteiger partial charge in [0.15, 0.2) is 0 Å². The van der Waals surface area contributed by atoms with Crippen LogP contribution in [-0.2, 0) is 0 Å². The molecule has 1 aromatic carbocycles. The first-order valence-corrected chi connectivity index (χ1v) is 5.77. The van der Waals surface area contributed by atoms with Crippen molar-refractivity contribution in [3.63, 3.8) is 0 Å². The van der Waals surface area contributed by atoms with Gasteiger partial charge in [-0.05, 0) is 24.6 Å². The molecule has 0 aliphatic rings. The molecule has 0 saturated heterocycles. The molecule has 1 heterocycles. The van der Waals surface area contributed by atoms with E-state index in [4.69, 9.17) is 0 Å². The predicted molar refractivity (Wildman–Crippen MR) is 69.5 cm³/mol. The summed E-state index contributed by atoms with van der Waals surface area (Å²) >= 11 is 3.42. The maximum atomic E-state index is 4.45. The first-order valence-electron chi connectivity index (χ1n) is 4.98. The molecule has 0 amide bonds. The number of nitrogens with one attached hydrogen (secondary N) is 1. The van der Waals surface area contributed by atoms with Crippen molar-refractivity contribution in [2.45, 2.75) is 6.92 Å². The van der Waals surface area contributed by atoms with E-state index in [0.717, 1.165) is 21.3 Å². The van der Waals surface area contributed by atoms with Crippen LogP contribution in [0.1, 0.15) is 5.56 Å². The van der Waals surface area contributed by atoms with Gasteiger partial charge < -0.3 is 5.32 Å². The Labute approximate surface area is 103 Å². The Morgan fingerprint density at radius 1 is 1.19 bits per heavy atom. The Morgan fingerprint density at radius 3 is 2.50 bits per heavy atom. The number of rotatable bonds is 2. The number of aryl methyl sites for hydroxylation is 1. The fourth-order valence-corrected chi connectivity index (χ4v) is 1.73. The topological polar surface area (TPSA) is 37.8 Å². The van der Waals surface area contributed by atoms with Gasteiger partial charge in [0.05, 0.1) is 5.69 Å². The zero-order valence-corrected chi connectivity index (χ0v) is 10.7. The Morgan fingerprint density at radius 2 is 1.88 bits per heavy atom. The maximum absolute atomic E-state index is 4.45. The summed E-state index contributed by atoms with van der Waals surface area (Å²) < 4.78 is 1.07. The van der Waals surface area contributed by atoms with E-state index in [0.29, 0.717) is 5.95 Å². The molecule has 0 spiro atoms. The number of halogens is 1. The van der Waals surface area contributed by atoms with Crippen LogP contribution in [0.2, 0.25) is 0 Å². The standard InChI is InChI=1S/C12H12BrN3/c1-8-7-15-12(14-2)16-11(8)9-3-5-10(13)6-4-9/h3-7H,1-2H3,(H,14,15,16). The highest BCUT2D eigenvalue weighted by atomic mass is 79.9. The summed E-state index contributed by atoms with van der Waals surface area (Å²) in [4.78, 5) is 8.62. The lowest BCUT2D eigenvalue weighted by atomic mass is 10.1. The highest BCUT2D eigenvalue weighted by Crippen LogP contribution is 2.23. The number of anilines is 1. The molecule has 16 heavy (non-hydrogen) atoms. The van der Waals surface area contributed by atoms with Crippen LogP contribution in [0.4, 0.5) is 5.95 Å². The molecule has 82 valence electrons. The number of hydrogen-bond acceptors (Lipinski definition) is 3. The number of aromatic nitrogens is 2. The third-order valence-corrected chi connectivity index (χ3v) is 2.84. The van der Waals surface area contributed by atoms with Crippen molar-refractivity contribution in [1.29, 1.82) is 0 Å². The Balaban J connectivity index is 2.50. The van der Waals surface area contributed by atoms with E-state index < -0.39 is 0 Å². The van der Waals surface area contributed by atoms with E-state index in [-0.39, 0.29) is 0 Å². The third-order valence-electron chi connectivity index (χ3n) is 2.31. The Hall–Kier alpha value is -1.42. The highest BCUT2D eigenvalue weighted by Gasteiger charge is 2.05. The molecule has 0 aliphatic heterocycles. The lowest BCUT2D eigenvalue weighted by molar-refractivity contribution is 1.12. The van der Waals surface area contributed by atoms with Crippen LogP contribution in [0.3, 0.4) is 0 Å². The van der Waals surface area contributed by atoms with Gasteiger partial charge in [0.1, 0.15) is 0 Å². The molecule has 0 unspecified atom stereocenters. The van der Waals surface area contributed by atoms with Crippen molar-refractivity contribution in [2.75, 3.05) is 12.4 Å². The van der Waals surface area contributed by atoms with Crippen molar-refractivity contribution < 1.29 is 0 Å². The highest BCUT2D eigenvalue weighted by molar-refractivity contribution is 9.10. The van der Waals surface area contributed by atoms with Gasteiger partial charge in [-0.3, -0.25) is 0 Å². The maximum Gasteiger partial charge on any atom is 0.222 e. The summed E-state index contributed by atoms with van der Waals surface area (Å²) in [5.41, 5.74) is 3.13. The monoisotopic (exact) mass is 277 g/mol. The van der Waals surface area contributed by atoms with Crippen LogP contribution in [0.5, 0.6) is 0 Å². The number of hydrogen-bond donors (Lipinski definition) is 1. The Bertz CT molecular complexity index is 494. The van der Waals surface area contributed by atoms with Crippen LogP contribution >= 0.6 is 15.9 Å². The molecule has 0 aliphatic carbocycles. The van der Waals surface area contributed by atoms with Crippen LogP contribution in [0, 0.1) is 6.92 Å². The Kier molecular flexibility index (Phi) is 3.19. The molecule has 0 radical (unpaired) electrons. The van der Waals surface area contributed by atoms with Crippen molar-refractivity contribution >= 4 is 21.9 Å². The van der Waals surface area contributed by atoms with E-state index in [9.17, 15) is 0 Å². The molecule has 2 aromatic rings. The third kappa shape index (κ3) is 2.22. The second-order valence-corrected chi connectivity index (χ2v) is 4.40. The minimum atomic E-state index is 0.642. The average Bonchev–Trinajstić information content (AvgIpc) is 2.31. The number of benzene rings is 1. The van der Waals surface area contributed by atoms with Gasteiger partial charge in [-0.2, -0.15) is 0 Å². The molecule has 2 rings (SSSR count). The molecule has 0 bridgehead atoms. The summed E-state index contributed by atoms with van der Waals surface area (Å²) in [5.74, 6) is 0.642. The van der Waals surface area contributed by atoms with Crippen molar-refractivity contribution in [3.8, 4) is 11.3 Å². The molecule has 1 N–H and O–H groups in total. The molecule has 3 nitrogen and oxygen atoms in total. The van der Waals surface area contributed by atoms with Crippen molar-refractivity contribution in [1.82, 2.24) is 9.97 Å². The minimum absolute atomic E-state index is 0.642. The molecule has 4 heteroatoms. The zero-order valence-electron chi connectivity index (χ0n) is 9.16. The minimum Gasteiger partial charge on any atom is -0.357 e. The lowest BCUT2D eigenvalue weighted by Gasteiger charge is -2.06. The smallest absolute Gasteiger partial charge is 0.222 e. The molecular formula is C12H12BrN3. The van der Waals surface area contributed by atoms with Crippen LogP contribution in [0.25, 0.3) is 11.3 Å². The largest absolute Gasteiger partial charge is 0.357 e. The quantitative estimate of drug-likeness (QED) is 0.916. The molecule has 0 fully saturated rings. The number of nitrogens with zero attached hydrogens (tertiary/aromatic N) is 2. The van der Waals surface area contributed by atoms with E-state index in [1.165, 1.54) is 0 Å². The fraction of sp³-hybridized carbons (Fsp3) is 0.167. The summed E-state index contributed by atoms with van der Waals surface area (Å²) in [6, 6.07) is 8.10. The van der Waals surface area contributed by atoms with Crippen molar-refractivity contribution in [2.24, 2.45) is 0 Å². The second kappa shape index (κ2) is 4.61. The summed E-state index contributed by atoms with van der Waals surface area (Å²) in [6.45, 7) is 2.01. The molecule has 0 atom stereocenters. The lowest BCUT2D eigenvalue weighted by Crippen LogP contribution is -1.99.